The molecule has 1 amide bonds. The fraction of sp³-hybridized carbons (Fsp3) is 0.381. The number of methoxy groups -OCH3 is 1. The SMILES string of the molecule is COc1cccc(CC(=O)NCc2ccccc2N2CCCCC2)c1. The topological polar surface area (TPSA) is 41.6 Å². The Morgan fingerprint density at radius 2 is 1.88 bits per heavy atom. The van der Waals surface area contributed by atoms with E-state index < -0.39 is 0 Å². The number of carbonyl (C=O) groups is 1. The zero-order valence-electron chi connectivity index (χ0n) is 14.8. The minimum atomic E-state index is 0.0294. The Kier molecular flexibility index (Phi) is 5.94. The lowest BCUT2D eigenvalue weighted by Crippen LogP contribution is -2.31. The average molecular weight is 338 g/mol. The number of benzene rings is 2. The van der Waals surface area contributed by atoms with Gasteiger partial charge in [-0.25, -0.2) is 0 Å². The molecule has 4 nitrogen and oxygen atoms in total. The largest absolute Gasteiger partial charge is 0.497 e. The van der Waals surface area contributed by atoms with Crippen molar-refractivity contribution >= 4 is 11.6 Å². The average Bonchev–Trinajstić information content (AvgIpc) is 2.67. The first-order valence-corrected chi connectivity index (χ1v) is 8.99. The number of ether oxygens (including phenoxy) is 1. The number of nitrogens with one attached hydrogen (secondary N) is 1. The van der Waals surface area contributed by atoms with Crippen LogP contribution < -0.4 is 15.0 Å². The van der Waals surface area contributed by atoms with Gasteiger partial charge in [0, 0.05) is 25.3 Å². The van der Waals surface area contributed by atoms with Crippen LogP contribution in [-0.2, 0) is 17.8 Å². The Morgan fingerprint density at radius 1 is 1.08 bits per heavy atom. The van der Waals surface area contributed by atoms with Gasteiger partial charge in [-0.2, -0.15) is 0 Å². The van der Waals surface area contributed by atoms with Crippen LogP contribution in [0.2, 0.25) is 0 Å². The van der Waals surface area contributed by atoms with E-state index in [1.54, 1.807) is 7.11 Å². The van der Waals surface area contributed by atoms with Gasteiger partial charge in [0.1, 0.15) is 5.75 Å². The van der Waals surface area contributed by atoms with Gasteiger partial charge in [-0.15, -0.1) is 0 Å². The number of carbonyl (C=O) groups excluding carboxylic acids is 1. The number of rotatable bonds is 6. The monoisotopic (exact) mass is 338 g/mol. The van der Waals surface area contributed by atoms with Crippen LogP contribution in [0.5, 0.6) is 5.75 Å². The summed E-state index contributed by atoms with van der Waals surface area (Å²) in [4.78, 5) is 14.7. The Morgan fingerprint density at radius 3 is 2.68 bits per heavy atom. The molecule has 2 aromatic carbocycles. The first-order valence-electron chi connectivity index (χ1n) is 8.99. The van der Waals surface area contributed by atoms with Crippen LogP contribution in [0.4, 0.5) is 5.69 Å². The maximum atomic E-state index is 12.3. The van der Waals surface area contributed by atoms with E-state index in [-0.39, 0.29) is 5.91 Å². The molecule has 4 heteroatoms. The molecule has 0 saturated carbocycles. The Balaban J connectivity index is 1.60. The highest BCUT2D eigenvalue weighted by molar-refractivity contribution is 5.78. The summed E-state index contributed by atoms with van der Waals surface area (Å²) in [7, 11) is 1.64. The Hall–Kier alpha value is -2.49. The standard InChI is InChI=1S/C21H26N2O2/c1-25-19-10-7-8-17(14-19)15-21(24)22-16-18-9-3-4-11-20(18)23-12-5-2-6-13-23/h3-4,7-11,14H,2,5-6,12-13,15-16H2,1H3,(H,22,24). The van der Waals surface area contributed by atoms with Crippen molar-refractivity contribution in [2.75, 3.05) is 25.1 Å². The molecule has 1 aliphatic rings. The molecule has 0 aliphatic carbocycles. The van der Waals surface area contributed by atoms with Crippen LogP contribution in [0.25, 0.3) is 0 Å². The molecular formula is C21H26N2O2. The summed E-state index contributed by atoms with van der Waals surface area (Å²) >= 11 is 0. The van der Waals surface area contributed by atoms with Gasteiger partial charge in [-0.05, 0) is 48.6 Å². The molecule has 0 radical (unpaired) electrons. The van der Waals surface area contributed by atoms with Gasteiger partial charge in [0.25, 0.3) is 0 Å². The van der Waals surface area contributed by atoms with Crippen molar-refractivity contribution in [2.45, 2.75) is 32.2 Å². The van der Waals surface area contributed by atoms with Gasteiger partial charge in [0.05, 0.1) is 13.5 Å². The smallest absolute Gasteiger partial charge is 0.224 e. The van der Waals surface area contributed by atoms with Crippen LogP contribution >= 0.6 is 0 Å². The highest BCUT2D eigenvalue weighted by Gasteiger charge is 2.14. The highest BCUT2D eigenvalue weighted by Crippen LogP contribution is 2.24. The van der Waals surface area contributed by atoms with E-state index in [9.17, 15) is 4.79 Å². The Bertz CT molecular complexity index is 709. The van der Waals surface area contributed by atoms with Gasteiger partial charge >= 0.3 is 0 Å². The van der Waals surface area contributed by atoms with Gasteiger partial charge in [0.2, 0.25) is 5.91 Å². The van der Waals surface area contributed by atoms with Crippen LogP contribution in [0.15, 0.2) is 48.5 Å². The summed E-state index contributed by atoms with van der Waals surface area (Å²) in [6, 6.07) is 16.0. The number of hydrogen-bond donors (Lipinski definition) is 1. The molecule has 0 atom stereocenters. The van der Waals surface area contributed by atoms with Crippen molar-refractivity contribution in [3.8, 4) is 5.75 Å². The molecule has 0 bridgehead atoms. The zero-order chi connectivity index (χ0) is 17.5. The molecule has 1 heterocycles. The van der Waals surface area contributed by atoms with E-state index in [0.29, 0.717) is 13.0 Å². The quantitative estimate of drug-likeness (QED) is 0.876. The van der Waals surface area contributed by atoms with Crippen LogP contribution in [0, 0.1) is 0 Å². The van der Waals surface area contributed by atoms with Crippen LogP contribution in [0.3, 0.4) is 0 Å². The molecule has 0 unspecified atom stereocenters. The van der Waals surface area contributed by atoms with Gasteiger partial charge in [-0.1, -0.05) is 30.3 Å². The molecular weight excluding hydrogens is 312 g/mol. The second kappa shape index (κ2) is 8.56. The maximum absolute atomic E-state index is 12.3. The summed E-state index contributed by atoms with van der Waals surface area (Å²) in [6.07, 6.45) is 4.17. The van der Waals surface area contributed by atoms with Crippen molar-refractivity contribution in [3.63, 3.8) is 0 Å². The fourth-order valence-electron chi connectivity index (χ4n) is 3.33. The molecule has 2 aromatic rings. The lowest BCUT2D eigenvalue weighted by molar-refractivity contribution is -0.120. The molecule has 3 rings (SSSR count). The van der Waals surface area contributed by atoms with Crippen LogP contribution in [0.1, 0.15) is 30.4 Å². The molecule has 1 saturated heterocycles. The second-order valence-electron chi connectivity index (χ2n) is 6.48. The molecule has 1 fully saturated rings. The number of hydrogen-bond acceptors (Lipinski definition) is 3. The molecule has 0 spiro atoms. The number of piperidine rings is 1. The third-order valence-corrected chi connectivity index (χ3v) is 4.66. The van der Waals surface area contributed by atoms with Crippen molar-refractivity contribution in [2.24, 2.45) is 0 Å². The summed E-state index contributed by atoms with van der Waals surface area (Å²) in [5.41, 5.74) is 3.40. The van der Waals surface area contributed by atoms with Crippen molar-refractivity contribution in [1.82, 2.24) is 5.32 Å². The number of nitrogens with zero attached hydrogens (tertiary/aromatic N) is 1. The number of amides is 1. The van der Waals surface area contributed by atoms with E-state index in [2.05, 4.69) is 28.4 Å². The summed E-state index contributed by atoms with van der Waals surface area (Å²) < 4.78 is 5.21. The van der Waals surface area contributed by atoms with Crippen molar-refractivity contribution < 1.29 is 9.53 Å². The lowest BCUT2D eigenvalue weighted by Gasteiger charge is -2.30. The first kappa shape index (κ1) is 17.3. The van der Waals surface area contributed by atoms with E-state index >= 15 is 0 Å². The fourth-order valence-corrected chi connectivity index (χ4v) is 3.33. The van der Waals surface area contributed by atoms with E-state index in [1.807, 2.05) is 30.3 Å². The summed E-state index contributed by atoms with van der Waals surface area (Å²) in [6.45, 7) is 2.78. The minimum absolute atomic E-state index is 0.0294. The predicted octanol–water partition coefficient (Wildman–Crippen LogP) is 3.54. The van der Waals surface area contributed by atoms with E-state index in [1.165, 1.54) is 30.5 Å². The van der Waals surface area contributed by atoms with E-state index in [4.69, 9.17) is 4.74 Å². The second-order valence-corrected chi connectivity index (χ2v) is 6.48. The molecule has 1 N–H and O–H groups in total. The maximum Gasteiger partial charge on any atom is 0.224 e. The molecule has 132 valence electrons. The third-order valence-electron chi connectivity index (χ3n) is 4.66. The Labute approximate surface area is 149 Å². The van der Waals surface area contributed by atoms with Crippen molar-refractivity contribution in [3.05, 3.63) is 59.7 Å². The van der Waals surface area contributed by atoms with Crippen molar-refractivity contribution in [1.29, 1.82) is 0 Å². The molecule has 1 aliphatic heterocycles. The summed E-state index contributed by atoms with van der Waals surface area (Å²) in [5.74, 6) is 0.808. The number of para-hydroxylation sites is 1. The van der Waals surface area contributed by atoms with Gasteiger partial charge < -0.3 is 15.0 Å². The lowest BCUT2D eigenvalue weighted by atomic mass is 10.1. The normalized spacial score (nSPS) is 14.2. The first-order chi connectivity index (χ1) is 12.3. The predicted molar refractivity (Wildman–Crippen MR) is 101 cm³/mol. The highest BCUT2D eigenvalue weighted by atomic mass is 16.5. The zero-order valence-corrected chi connectivity index (χ0v) is 14.8. The van der Waals surface area contributed by atoms with E-state index in [0.717, 1.165) is 24.4 Å². The van der Waals surface area contributed by atoms with Crippen LogP contribution in [-0.4, -0.2) is 26.1 Å². The summed E-state index contributed by atoms with van der Waals surface area (Å²) in [5, 5.41) is 3.06. The van der Waals surface area contributed by atoms with Gasteiger partial charge in [-0.3, -0.25) is 4.79 Å². The number of anilines is 1. The third kappa shape index (κ3) is 4.75. The molecule has 25 heavy (non-hydrogen) atoms. The molecule has 0 aromatic heterocycles. The van der Waals surface area contributed by atoms with Gasteiger partial charge in [0.15, 0.2) is 0 Å². The minimum Gasteiger partial charge on any atom is -0.497 e.